The lowest BCUT2D eigenvalue weighted by Crippen LogP contribution is -3.07. The number of hydrogen-bond acceptors (Lipinski definition) is 3. The molecule has 0 aromatic heterocycles. The molecule has 0 unspecified atom stereocenters. The molecule has 0 spiro atoms. The Morgan fingerprint density at radius 1 is 1.00 bits per heavy atom. The van der Waals surface area contributed by atoms with Gasteiger partial charge < -0.3 is 10.1 Å². The summed E-state index contributed by atoms with van der Waals surface area (Å²) < 4.78 is 46.7. The molecule has 8 heteroatoms. The van der Waals surface area contributed by atoms with Crippen LogP contribution in [0.5, 0.6) is 0 Å². The number of quaternary nitrogens is 1. The van der Waals surface area contributed by atoms with Crippen LogP contribution >= 0.6 is 0 Å². The third-order valence-corrected chi connectivity index (χ3v) is 4.12. The first-order chi connectivity index (χ1) is 13.3. The number of nitrogens with one attached hydrogen (secondary N) is 1. The number of rotatable bonds is 8. The highest BCUT2D eigenvalue weighted by Gasteiger charge is 2.67. The SMILES string of the molecule is CCOC(=O)[C@](NC(=O)c1ccccc1)([NH2+]CCc1ccccc1)C(F)(F)F. The van der Waals surface area contributed by atoms with Gasteiger partial charge in [0.05, 0.1) is 13.2 Å². The minimum atomic E-state index is -5.07. The van der Waals surface area contributed by atoms with Gasteiger partial charge in [0, 0.05) is 12.0 Å². The summed E-state index contributed by atoms with van der Waals surface area (Å²) >= 11 is 0. The first-order valence-corrected chi connectivity index (χ1v) is 8.80. The molecular weight excluding hydrogens is 373 g/mol. The van der Waals surface area contributed by atoms with Crippen LogP contribution in [-0.2, 0) is 16.0 Å². The standard InChI is InChI=1S/C20H21F3N2O3/c1-2-28-18(27)19(20(21,22)23,24-14-13-15-9-5-3-6-10-15)25-17(26)16-11-7-4-8-12-16/h3-12,24H,2,13-14H2,1H3,(H,25,26)/p+1/t19-/m1/s1. The second-order valence-electron chi connectivity index (χ2n) is 6.07. The second-order valence-corrected chi connectivity index (χ2v) is 6.07. The molecule has 0 aliphatic carbocycles. The van der Waals surface area contributed by atoms with Crippen LogP contribution in [-0.4, -0.2) is 36.9 Å². The Morgan fingerprint density at radius 3 is 2.11 bits per heavy atom. The Balaban J connectivity index is 2.28. The summed E-state index contributed by atoms with van der Waals surface area (Å²) in [5, 5.41) is 2.64. The molecule has 0 saturated heterocycles. The van der Waals surface area contributed by atoms with E-state index in [9.17, 15) is 22.8 Å². The van der Waals surface area contributed by atoms with Crippen molar-refractivity contribution < 1.29 is 32.8 Å². The van der Waals surface area contributed by atoms with Gasteiger partial charge in [0.1, 0.15) is 0 Å². The monoisotopic (exact) mass is 395 g/mol. The van der Waals surface area contributed by atoms with E-state index in [0.717, 1.165) is 10.9 Å². The van der Waals surface area contributed by atoms with Crippen molar-refractivity contribution in [3.8, 4) is 0 Å². The Labute approximate surface area is 160 Å². The number of nitrogens with two attached hydrogens (primary N) is 1. The van der Waals surface area contributed by atoms with E-state index in [2.05, 4.69) is 4.74 Å². The molecule has 0 aliphatic heterocycles. The quantitative estimate of drug-likeness (QED) is 0.531. The van der Waals surface area contributed by atoms with Gasteiger partial charge >= 0.3 is 17.8 Å². The van der Waals surface area contributed by atoms with Crippen LogP contribution in [0.1, 0.15) is 22.8 Å². The summed E-state index contributed by atoms with van der Waals surface area (Å²) in [6.45, 7) is 1.07. The predicted molar refractivity (Wildman–Crippen MR) is 96.3 cm³/mol. The zero-order valence-corrected chi connectivity index (χ0v) is 15.3. The number of halogens is 3. The first-order valence-electron chi connectivity index (χ1n) is 8.80. The van der Waals surface area contributed by atoms with Crippen molar-refractivity contribution in [1.29, 1.82) is 0 Å². The highest BCUT2D eigenvalue weighted by Crippen LogP contribution is 2.27. The van der Waals surface area contributed by atoms with E-state index >= 15 is 0 Å². The highest BCUT2D eigenvalue weighted by molar-refractivity contribution is 5.97. The summed E-state index contributed by atoms with van der Waals surface area (Å²) in [6, 6.07) is 16.3. The number of esters is 1. The number of carbonyl (C=O) groups is 2. The molecule has 3 N–H and O–H groups in total. The van der Waals surface area contributed by atoms with Crippen molar-refractivity contribution in [3.63, 3.8) is 0 Å². The average molecular weight is 395 g/mol. The van der Waals surface area contributed by atoms with Gasteiger partial charge in [0.25, 0.3) is 5.91 Å². The summed E-state index contributed by atoms with van der Waals surface area (Å²) in [4.78, 5) is 24.7. The molecule has 5 nitrogen and oxygen atoms in total. The molecule has 28 heavy (non-hydrogen) atoms. The van der Waals surface area contributed by atoms with Gasteiger partial charge in [-0.05, 0) is 24.6 Å². The zero-order chi connectivity index (χ0) is 20.6. The largest absolute Gasteiger partial charge is 0.478 e. The fourth-order valence-electron chi connectivity index (χ4n) is 2.67. The predicted octanol–water partition coefficient (Wildman–Crippen LogP) is 2.04. The summed E-state index contributed by atoms with van der Waals surface area (Å²) in [7, 11) is 0. The van der Waals surface area contributed by atoms with E-state index in [1.807, 2.05) is 5.32 Å². The third-order valence-electron chi connectivity index (χ3n) is 4.12. The van der Waals surface area contributed by atoms with E-state index < -0.39 is 23.7 Å². The number of hydrogen-bond donors (Lipinski definition) is 2. The molecule has 2 aromatic carbocycles. The van der Waals surface area contributed by atoms with Gasteiger partial charge in [-0.2, -0.15) is 13.2 Å². The minimum absolute atomic E-state index is 0.0110. The molecular formula is C20H22F3N2O3+. The van der Waals surface area contributed by atoms with Crippen molar-refractivity contribution in [3.05, 3.63) is 71.8 Å². The van der Waals surface area contributed by atoms with Gasteiger partial charge in [-0.1, -0.05) is 48.5 Å². The molecule has 0 aliphatic rings. The minimum Gasteiger partial charge on any atom is -0.460 e. The van der Waals surface area contributed by atoms with Gasteiger partial charge in [-0.15, -0.1) is 0 Å². The van der Waals surface area contributed by atoms with Gasteiger partial charge in [0.15, 0.2) is 0 Å². The number of benzene rings is 2. The van der Waals surface area contributed by atoms with Crippen molar-refractivity contribution in [2.75, 3.05) is 13.2 Å². The van der Waals surface area contributed by atoms with Crippen LogP contribution in [0, 0.1) is 0 Å². The van der Waals surface area contributed by atoms with E-state index in [-0.39, 0.29) is 25.1 Å². The maximum Gasteiger partial charge on any atom is 0.478 e. The van der Waals surface area contributed by atoms with Crippen molar-refractivity contribution in [2.45, 2.75) is 25.2 Å². The summed E-state index contributed by atoms with van der Waals surface area (Å²) in [5.41, 5.74) is -2.41. The molecule has 0 bridgehead atoms. The van der Waals surface area contributed by atoms with Crippen LogP contribution in [0.15, 0.2) is 60.7 Å². The van der Waals surface area contributed by atoms with E-state index in [0.29, 0.717) is 0 Å². The maximum absolute atomic E-state index is 14.0. The van der Waals surface area contributed by atoms with Crippen molar-refractivity contribution in [2.24, 2.45) is 0 Å². The number of amides is 1. The Morgan fingerprint density at radius 2 is 1.57 bits per heavy atom. The number of ether oxygens (including phenoxy) is 1. The fraction of sp³-hybridized carbons (Fsp3) is 0.300. The Bertz CT molecular complexity index is 782. The molecule has 1 atom stereocenters. The molecule has 2 aromatic rings. The van der Waals surface area contributed by atoms with Crippen LogP contribution < -0.4 is 10.6 Å². The molecule has 0 saturated carbocycles. The highest BCUT2D eigenvalue weighted by atomic mass is 19.4. The lowest BCUT2D eigenvalue weighted by atomic mass is 10.1. The van der Waals surface area contributed by atoms with Crippen LogP contribution in [0.3, 0.4) is 0 Å². The number of carbonyl (C=O) groups excluding carboxylic acids is 2. The normalized spacial score (nSPS) is 13.4. The topological polar surface area (TPSA) is 72.0 Å². The first kappa shape index (κ1) is 21.4. The van der Waals surface area contributed by atoms with Crippen LogP contribution in [0.2, 0.25) is 0 Å². The van der Waals surface area contributed by atoms with Crippen molar-refractivity contribution in [1.82, 2.24) is 5.32 Å². The van der Waals surface area contributed by atoms with E-state index in [1.165, 1.54) is 31.2 Å². The maximum atomic E-state index is 14.0. The molecule has 0 fully saturated rings. The van der Waals surface area contributed by atoms with Gasteiger partial charge in [-0.25, -0.2) is 4.79 Å². The zero-order valence-electron chi connectivity index (χ0n) is 15.3. The fourth-order valence-corrected chi connectivity index (χ4v) is 2.67. The smallest absolute Gasteiger partial charge is 0.460 e. The van der Waals surface area contributed by atoms with Gasteiger partial charge in [-0.3, -0.25) is 10.1 Å². The molecule has 0 radical (unpaired) electrons. The molecule has 1 amide bonds. The molecule has 150 valence electrons. The number of alkyl halides is 3. The average Bonchev–Trinajstić information content (AvgIpc) is 2.67. The summed E-state index contributed by atoms with van der Waals surface area (Å²) in [6.07, 6.45) is -4.79. The Kier molecular flexibility index (Phi) is 7.17. The molecule has 2 rings (SSSR count). The lowest BCUT2D eigenvalue weighted by molar-refractivity contribution is -0.743. The van der Waals surface area contributed by atoms with Crippen molar-refractivity contribution >= 4 is 11.9 Å². The lowest BCUT2D eigenvalue weighted by Gasteiger charge is -2.31. The van der Waals surface area contributed by atoms with E-state index in [1.54, 1.807) is 36.4 Å². The van der Waals surface area contributed by atoms with E-state index in [4.69, 9.17) is 0 Å². The van der Waals surface area contributed by atoms with Crippen LogP contribution in [0.25, 0.3) is 0 Å². The van der Waals surface area contributed by atoms with Crippen LogP contribution in [0.4, 0.5) is 13.2 Å². The second kappa shape index (κ2) is 9.36. The third kappa shape index (κ3) is 5.10. The van der Waals surface area contributed by atoms with Gasteiger partial charge in [0.2, 0.25) is 0 Å². The Hall–Kier alpha value is -2.87. The molecule has 0 heterocycles. The summed E-state index contributed by atoms with van der Waals surface area (Å²) in [5.74, 6) is -2.57.